The molecule has 1 aromatic heterocycles. The number of hydrogen-bond donors (Lipinski definition) is 2. The van der Waals surface area contributed by atoms with Crippen molar-refractivity contribution in [1.29, 1.82) is 0 Å². The third-order valence-electron chi connectivity index (χ3n) is 3.37. The predicted octanol–water partition coefficient (Wildman–Crippen LogP) is 5.45. The maximum Gasteiger partial charge on any atom is 0.229 e. The average Bonchev–Trinajstić information content (AvgIpc) is 2.58. The molecule has 0 saturated heterocycles. The van der Waals surface area contributed by atoms with Gasteiger partial charge in [-0.2, -0.15) is 4.98 Å². The van der Waals surface area contributed by atoms with Gasteiger partial charge in [-0.15, -0.1) is 0 Å². The SMILES string of the molecule is Cc1cc(NCc2ccccc2)nc(Nc2cccc(Cl)c2Cl)n1. The van der Waals surface area contributed by atoms with Crippen molar-refractivity contribution in [1.82, 2.24) is 9.97 Å². The van der Waals surface area contributed by atoms with E-state index in [1.54, 1.807) is 6.07 Å². The molecule has 2 aromatic carbocycles. The molecule has 122 valence electrons. The highest BCUT2D eigenvalue weighted by atomic mass is 35.5. The minimum absolute atomic E-state index is 0.447. The van der Waals surface area contributed by atoms with Crippen molar-refractivity contribution < 1.29 is 0 Å². The summed E-state index contributed by atoms with van der Waals surface area (Å²) in [7, 11) is 0. The van der Waals surface area contributed by atoms with Crippen molar-refractivity contribution >= 4 is 40.7 Å². The van der Waals surface area contributed by atoms with E-state index in [1.807, 2.05) is 43.3 Å². The minimum atomic E-state index is 0.447. The van der Waals surface area contributed by atoms with E-state index < -0.39 is 0 Å². The van der Waals surface area contributed by atoms with Gasteiger partial charge in [0.2, 0.25) is 5.95 Å². The lowest BCUT2D eigenvalue weighted by Crippen LogP contribution is -2.05. The Kier molecular flexibility index (Phi) is 5.18. The van der Waals surface area contributed by atoms with Crippen molar-refractivity contribution in [3.05, 3.63) is 75.9 Å². The Bertz CT molecular complexity index is 838. The number of nitrogens with zero attached hydrogens (tertiary/aromatic N) is 2. The fraction of sp³-hybridized carbons (Fsp3) is 0.111. The first-order valence-corrected chi connectivity index (χ1v) is 8.22. The Balaban J connectivity index is 1.77. The Morgan fingerprint density at radius 3 is 2.54 bits per heavy atom. The molecule has 4 nitrogen and oxygen atoms in total. The van der Waals surface area contributed by atoms with Gasteiger partial charge in [0.1, 0.15) is 5.82 Å². The summed E-state index contributed by atoms with van der Waals surface area (Å²) in [6, 6.07) is 17.4. The van der Waals surface area contributed by atoms with Crippen molar-refractivity contribution in [3.8, 4) is 0 Å². The van der Waals surface area contributed by atoms with E-state index in [9.17, 15) is 0 Å². The average molecular weight is 359 g/mol. The Morgan fingerprint density at radius 1 is 0.958 bits per heavy atom. The van der Waals surface area contributed by atoms with E-state index in [2.05, 4.69) is 32.7 Å². The van der Waals surface area contributed by atoms with E-state index in [0.717, 1.165) is 11.5 Å². The van der Waals surface area contributed by atoms with E-state index >= 15 is 0 Å². The molecule has 2 N–H and O–H groups in total. The third kappa shape index (κ3) is 4.16. The van der Waals surface area contributed by atoms with Crippen LogP contribution in [-0.2, 0) is 6.54 Å². The molecule has 6 heteroatoms. The van der Waals surface area contributed by atoms with Crippen LogP contribution in [0.1, 0.15) is 11.3 Å². The Labute approximate surface area is 150 Å². The molecule has 1 heterocycles. The van der Waals surface area contributed by atoms with Crippen LogP contribution in [0.4, 0.5) is 17.5 Å². The number of rotatable bonds is 5. The van der Waals surface area contributed by atoms with Crippen LogP contribution in [0.5, 0.6) is 0 Å². The molecular weight excluding hydrogens is 343 g/mol. The monoisotopic (exact) mass is 358 g/mol. The highest BCUT2D eigenvalue weighted by Gasteiger charge is 2.07. The molecule has 0 aliphatic carbocycles. The summed E-state index contributed by atoms with van der Waals surface area (Å²) in [5.41, 5.74) is 2.70. The van der Waals surface area contributed by atoms with Crippen LogP contribution in [0, 0.1) is 6.92 Å². The molecule has 0 aliphatic heterocycles. The molecule has 24 heavy (non-hydrogen) atoms. The minimum Gasteiger partial charge on any atom is -0.366 e. The number of aromatic nitrogens is 2. The van der Waals surface area contributed by atoms with Gasteiger partial charge in [-0.05, 0) is 24.6 Å². The topological polar surface area (TPSA) is 49.8 Å². The summed E-state index contributed by atoms with van der Waals surface area (Å²) in [6.45, 7) is 2.61. The first-order chi connectivity index (χ1) is 11.6. The zero-order valence-electron chi connectivity index (χ0n) is 13.1. The third-order valence-corrected chi connectivity index (χ3v) is 4.19. The second-order valence-corrected chi connectivity index (χ2v) is 6.07. The first-order valence-electron chi connectivity index (χ1n) is 7.46. The number of benzene rings is 2. The second kappa shape index (κ2) is 7.51. The molecule has 0 fully saturated rings. The second-order valence-electron chi connectivity index (χ2n) is 5.28. The number of halogens is 2. The molecular formula is C18H16Cl2N4. The molecule has 3 rings (SSSR count). The van der Waals surface area contributed by atoms with E-state index in [0.29, 0.717) is 28.2 Å². The summed E-state index contributed by atoms with van der Waals surface area (Å²) in [6.07, 6.45) is 0. The van der Waals surface area contributed by atoms with Gasteiger partial charge in [-0.3, -0.25) is 0 Å². The molecule has 0 unspecified atom stereocenters. The number of nitrogens with one attached hydrogen (secondary N) is 2. The van der Waals surface area contributed by atoms with Crippen LogP contribution in [0.3, 0.4) is 0 Å². The van der Waals surface area contributed by atoms with Crippen LogP contribution in [0.15, 0.2) is 54.6 Å². The van der Waals surface area contributed by atoms with Crippen molar-refractivity contribution in [2.24, 2.45) is 0 Å². The number of aryl methyl sites for hydroxylation is 1. The molecule has 0 aliphatic rings. The van der Waals surface area contributed by atoms with Crippen molar-refractivity contribution in [2.75, 3.05) is 10.6 Å². The Hall–Kier alpha value is -2.30. The highest BCUT2D eigenvalue weighted by molar-refractivity contribution is 6.43. The molecule has 0 saturated carbocycles. The van der Waals surface area contributed by atoms with Crippen LogP contribution in [0.2, 0.25) is 10.0 Å². The van der Waals surface area contributed by atoms with Crippen LogP contribution in [-0.4, -0.2) is 9.97 Å². The molecule has 0 spiro atoms. The van der Waals surface area contributed by atoms with Gasteiger partial charge in [0.25, 0.3) is 0 Å². The van der Waals surface area contributed by atoms with E-state index in [1.165, 1.54) is 5.56 Å². The summed E-state index contributed by atoms with van der Waals surface area (Å²) in [5.74, 6) is 1.21. The van der Waals surface area contributed by atoms with Gasteiger partial charge in [0.15, 0.2) is 0 Å². The van der Waals surface area contributed by atoms with Crippen molar-refractivity contribution in [3.63, 3.8) is 0 Å². The predicted molar refractivity (Wildman–Crippen MR) is 100 cm³/mol. The lowest BCUT2D eigenvalue weighted by molar-refractivity contribution is 1.06. The zero-order valence-corrected chi connectivity index (χ0v) is 14.6. The zero-order chi connectivity index (χ0) is 16.9. The lowest BCUT2D eigenvalue weighted by Gasteiger charge is -2.11. The fourth-order valence-electron chi connectivity index (χ4n) is 2.22. The summed E-state index contributed by atoms with van der Waals surface area (Å²) in [4.78, 5) is 8.87. The summed E-state index contributed by atoms with van der Waals surface area (Å²) < 4.78 is 0. The smallest absolute Gasteiger partial charge is 0.229 e. The molecule has 3 aromatic rings. The van der Waals surface area contributed by atoms with Gasteiger partial charge < -0.3 is 10.6 Å². The first kappa shape index (κ1) is 16.6. The summed E-state index contributed by atoms with van der Waals surface area (Å²) >= 11 is 12.2. The van der Waals surface area contributed by atoms with Gasteiger partial charge in [0.05, 0.1) is 15.7 Å². The van der Waals surface area contributed by atoms with Crippen LogP contribution >= 0.6 is 23.2 Å². The molecule has 0 radical (unpaired) electrons. The maximum absolute atomic E-state index is 6.20. The maximum atomic E-state index is 6.20. The molecule has 0 atom stereocenters. The largest absolute Gasteiger partial charge is 0.366 e. The highest BCUT2D eigenvalue weighted by Crippen LogP contribution is 2.31. The van der Waals surface area contributed by atoms with E-state index in [4.69, 9.17) is 23.2 Å². The van der Waals surface area contributed by atoms with Gasteiger partial charge in [-0.1, -0.05) is 59.6 Å². The quantitative estimate of drug-likeness (QED) is 0.636. The van der Waals surface area contributed by atoms with E-state index in [-0.39, 0.29) is 0 Å². The fourth-order valence-corrected chi connectivity index (χ4v) is 2.57. The van der Waals surface area contributed by atoms with Gasteiger partial charge in [0, 0.05) is 18.3 Å². The molecule has 0 bridgehead atoms. The number of anilines is 3. The van der Waals surface area contributed by atoms with Crippen molar-refractivity contribution in [2.45, 2.75) is 13.5 Å². The lowest BCUT2D eigenvalue weighted by atomic mass is 10.2. The van der Waals surface area contributed by atoms with Gasteiger partial charge >= 0.3 is 0 Å². The normalized spacial score (nSPS) is 10.5. The summed E-state index contributed by atoms with van der Waals surface area (Å²) in [5, 5.41) is 7.35. The standard InChI is InChI=1S/C18H16Cl2N4/c1-12-10-16(21-11-13-6-3-2-4-7-13)24-18(22-12)23-15-9-5-8-14(19)17(15)20/h2-10H,11H2,1H3,(H2,21,22,23,24). The Morgan fingerprint density at radius 2 is 1.75 bits per heavy atom. The van der Waals surface area contributed by atoms with Gasteiger partial charge in [-0.25, -0.2) is 4.98 Å². The molecule has 0 amide bonds. The van der Waals surface area contributed by atoms with Crippen LogP contribution in [0.25, 0.3) is 0 Å². The number of hydrogen-bond acceptors (Lipinski definition) is 4. The van der Waals surface area contributed by atoms with Crippen LogP contribution < -0.4 is 10.6 Å².